The molecular weight excluding hydrogens is 124 g/mol. The SMILES string of the molecule is CC1(C)C2CCC(=O)[C@H]1C2. The van der Waals surface area contributed by atoms with Crippen LogP contribution in [0.25, 0.3) is 0 Å². The minimum atomic E-state index is 0.356. The van der Waals surface area contributed by atoms with E-state index in [-0.39, 0.29) is 0 Å². The van der Waals surface area contributed by atoms with E-state index < -0.39 is 0 Å². The molecule has 3 saturated carbocycles. The van der Waals surface area contributed by atoms with Gasteiger partial charge in [-0.3, -0.25) is 4.79 Å². The highest BCUT2D eigenvalue weighted by Gasteiger charge is 2.53. The first-order chi connectivity index (χ1) is 4.62. The van der Waals surface area contributed by atoms with Gasteiger partial charge in [-0.25, -0.2) is 0 Å². The Morgan fingerprint density at radius 2 is 2.20 bits per heavy atom. The van der Waals surface area contributed by atoms with Crippen molar-refractivity contribution in [1.82, 2.24) is 0 Å². The molecular formula is C9H14O. The van der Waals surface area contributed by atoms with Gasteiger partial charge in [0.25, 0.3) is 0 Å². The van der Waals surface area contributed by atoms with Crippen LogP contribution < -0.4 is 0 Å². The molecule has 2 atom stereocenters. The van der Waals surface area contributed by atoms with E-state index >= 15 is 0 Å². The molecule has 56 valence electrons. The molecule has 0 aliphatic heterocycles. The summed E-state index contributed by atoms with van der Waals surface area (Å²) in [7, 11) is 0. The van der Waals surface area contributed by atoms with Gasteiger partial charge in [0.2, 0.25) is 0 Å². The molecule has 1 nitrogen and oxygen atoms in total. The molecule has 2 bridgehead atoms. The number of rotatable bonds is 0. The summed E-state index contributed by atoms with van der Waals surface area (Å²) in [6.45, 7) is 4.48. The van der Waals surface area contributed by atoms with Crippen LogP contribution in [0.1, 0.15) is 33.1 Å². The van der Waals surface area contributed by atoms with Crippen molar-refractivity contribution in [2.75, 3.05) is 0 Å². The molecule has 0 radical (unpaired) electrons. The number of hydrogen-bond donors (Lipinski definition) is 0. The van der Waals surface area contributed by atoms with Gasteiger partial charge in [-0.05, 0) is 24.2 Å². The summed E-state index contributed by atoms with van der Waals surface area (Å²) in [6, 6.07) is 0. The van der Waals surface area contributed by atoms with Crippen molar-refractivity contribution in [1.29, 1.82) is 0 Å². The first kappa shape index (κ1) is 6.38. The Morgan fingerprint density at radius 3 is 2.50 bits per heavy atom. The second-order valence-corrected chi connectivity index (χ2v) is 4.31. The van der Waals surface area contributed by atoms with Crippen molar-refractivity contribution in [2.24, 2.45) is 17.3 Å². The fraction of sp³-hybridized carbons (Fsp3) is 0.889. The van der Waals surface area contributed by atoms with Gasteiger partial charge in [0.1, 0.15) is 5.78 Å². The lowest BCUT2D eigenvalue weighted by Crippen LogP contribution is -2.52. The summed E-state index contributed by atoms with van der Waals surface area (Å²) >= 11 is 0. The van der Waals surface area contributed by atoms with Crippen molar-refractivity contribution in [3.05, 3.63) is 0 Å². The van der Waals surface area contributed by atoms with Crippen LogP contribution in [-0.4, -0.2) is 5.78 Å². The monoisotopic (exact) mass is 138 g/mol. The largest absolute Gasteiger partial charge is 0.299 e. The summed E-state index contributed by atoms with van der Waals surface area (Å²) in [4.78, 5) is 11.2. The minimum Gasteiger partial charge on any atom is -0.299 e. The number of hydrogen-bond acceptors (Lipinski definition) is 1. The molecule has 1 unspecified atom stereocenters. The fourth-order valence-corrected chi connectivity index (χ4v) is 2.54. The lowest BCUT2D eigenvalue weighted by Gasteiger charge is -2.55. The zero-order valence-electron chi connectivity index (χ0n) is 6.68. The number of carbonyl (C=O) groups excluding carboxylic acids is 1. The molecule has 0 aromatic rings. The normalized spacial score (nSPS) is 42.8. The first-order valence-corrected chi connectivity index (χ1v) is 4.15. The molecule has 3 aliphatic carbocycles. The molecule has 3 fully saturated rings. The minimum absolute atomic E-state index is 0.356. The van der Waals surface area contributed by atoms with Gasteiger partial charge >= 0.3 is 0 Å². The Morgan fingerprint density at radius 1 is 1.50 bits per heavy atom. The van der Waals surface area contributed by atoms with E-state index in [9.17, 15) is 4.79 Å². The van der Waals surface area contributed by atoms with Gasteiger partial charge < -0.3 is 0 Å². The molecule has 3 aliphatic rings. The van der Waals surface area contributed by atoms with Crippen LogP contribution in [0.4, 0.5) is 0 Å². The maximum atomic E-state index is 11.2. The highest BCUT2D eigenvalue weighted by Crippen LogP contribution is 2.57. The second-order valence-electron chi connectivity index (χ2n) is 4.31. The molecule has 0 aromatic heterocycles. The van der Waals surface area contributed by atoms with Crippen LogP contribution in [0.2, 0.25) is 0 Å². The second kappa shape index (κ2) is 1.63. The van der Waals surface area contributed by atoms with Gasteiger partial charge in [-0.2, -0.15) is 0 Å². The fourth-order valence-electron chi connectivity index (χ4n) is 2.54. The average molecular weight is 138 g/mol. The van der Waals surface area contributed by atoms with Crippen molar-refractivity contribution in [2.45, 2.75) is 33.1 Å². The summed E-state index contributed by atoms with van der Waals surface area (Å²) in [5.74, 6) is 1.80. The van der Waals surface area contributed by atoms with Crippen molar-refractivity contribution >= 4 is 5.78 Å². The molecule has 0 heterocycles. The van der Waals surface area contributed by atoms with E-state index in [4.69, 9.17) is 0 Å². The van der Waals surface area contributed by atoms with Gasteiger partial charge in [0.05, 0.1) is 0 Å². The van der Waals surface area contributed by atoms with E-state index in [1.807, 2.05) is 0 Å². The molecule has 0 spiro atoms. The van der Waals surface area contributed by atoms with E-state index in [0.717, 1.165) is 18.8 Å². The number of Topliss-reactive ketones (excluding diaryl/α,β-unsaturated/α-hetero) is 1. The van der Waals surface area contributed by atoms with Crippen LogP contribution in [0.3, 0.4) is 0 Å². The number of carbonyl (C=O) groups is 1. The number of fused-ring (bicyclic) bond motifs is 2. The van der Waals surface area contributed by atoms with Crippen molar-refractivity contribution in [3.8, 4) is 0 Å². The van der Waals surface area contributed by atoms with Gasteiger partial charge in [0.15, 0.2) is 0 Å². The zero-order chi connectivity index (χ0) is 7.35. The maximum absolute atomic E-state index is 11.2. The summed E-state index contributed by atoms with van der Waals surface area (Å²) in [6.07, 6.45) is 3.20. The third kappa shape index (κ3) is 0.561. The maximum Gasteiger partial charge on any atom is 0.136 e. The van der Waals surface area contributed by atoms with Gasteiger partial charge in [-0.1, -0.05) is 13.8 Å². The topological polar surface area (TPSA) is 17.1 Å². The molecule has 0 amide bonds. The predicted octanol–water partition coefficient (Wildman–Crippen LogP) is 2.01. The van der Waals surface area contributed by atoms with Crippen molar-refractivity contribution < 1.29 is 4.79 Å². The Bertz CT molecular complexity index is 179. The summed E-state index contributed by atoms with van der Waals surface area (Å²) in [5, 5.41) is 0. The Labute approximate surface area is 61.8 Å². The third-order valence-electron chi connectivity index (χ3n) is 3.60. The average Bonchev–Trinajstić information content (AvgIpc) is 1.87. The Hall–Kier alpha value is -0.330. The molecule has 0 aromatic carbocycles. The third-order valence-corrected chi connectivity index (χ3v) is 3.60. The smallest absolute Gasteiger partial charge is 0.136 e. The summed E-state index contributed by atoms with van der Waals surface area (Å²) < 4.78 is 0. The van der Waals surface area contributed by atoms with Crippen LogP contribution in [0.15, 0.2) is 0 Å². The lowest BCUT2D eigenvalue weighted by molar-refractivity contribution is -0.148. The van der Waals surface area contributed by atoms with Crippen LogP contribution >= 0.6 is 0 Å². The van der Waals surface area contributed by atoms with E-state index in [1.165, 1.54) is 6.42 Å². The molecule has 0 saturated heterocycles. The van der Waals surface area contributed by atoms with Gasteiger partial charge in [-0.15, -0.1) is 0 Å². The predicted molar refractivity (Wildman–Crippen MR) is 39.6 cm³/mol. The quantitative estimate of drug-likeness (QED) is 0.500. The van der Waals surface area contributed by atoms with E-state index in [0.29, 0.717) is 17.1 Å². The van der Waals surface area contributed by atoms with Crippen LogP contribution in [-0.2, 0) is 4.79 Å². The first-order valence-electron chi connectivity index (χ1n) is 4.15. The number of ketones is 1. The van der Waals surface area contributed by atoms with E-state index in [1.54, 1.807) is 0 Å². The molecule has 3 rings (SSSR count). The lowest BCUT2D eigenvalue weighted by atomic mass is 9.48. The standard InChI is InChI=1S/C9H14O/c1-9(2)6-3-4-8(10)7(9)5-6/h6-7H,3-5H2,1-2H3/t6?,7-/m1/s1. The van der Waals surface area contributed by atoms with Crippen molar-refractivity contribution in [3.63, 3.8) is 0 Å². The summed E-state index contributed by atoms with van der Waals surface area (Å²) in [5.41, 5.74) is 0.356. The molecule has 0 N–H and O–H groups in total. The Kier molecular flexibility index (Phi) is 1.04. The Balaban J connectivity index is 2.23. The molecule has 10 heavy (non-hydrogen) atoms. The van der Waals surface area contributed by atoms with Crippen LogP contribution in [0.5, 0.6) is 0 Å². The highest BCUT2D eigenvalue weighted by atomic mass is 16.1. The van der Waals surface area contributed by atoms with Crippen LogP contribution in [0, 0.1) is 17.3 Å². The zero-order valence-corrected chi connectivity index (χ0v) is 6.68. The highest BCUT2D eigenvalue weighted by molar-refractivity contribution is 5.84. The van der Waals surface area contributed by atoms with Gasteiger partial charge in [0, 0.05) is 12.3 Å². The van der Waals surface area contributed by atoms with E-state index in [2.05, 4.69) is 13.8 Å². The molecule has 1 heteroatoms.